The number of carbonyl (C=O) groups excluding carboxylic acids is 1. The quantitative estimate of drug-likeness (QED) is 0.634. The molecule has 14 heavy (non-hydrogen) atoms. The minimum atomic E-state index is -0.573. The zero-order chi connectivity index (χ0) is 10.6. The van der Waals surface area contributed by atoms with Gasteiger partial charge in [0.1, 0.15) is 5.75 Å². The number of benzene rings is 1. The van der Waals surface area contributed by atoms with Gasteiger partial charge in [0.25, 0.3) is 0 Å². The fraction of sp³-hybridized carbons (Fsp3) is 0.300. The molecule has 1 rings (SSSR count). The summed E-state index contributed by atoms with van der Waals surface area (Å²) in [5.41, 5.74) is 0. The maximum Gasteiger partial charge on any atom is 0.346 e. The molecule has 1 aromatic rings. The Kier molecular flexibility index (Phi) is 4.19. The van der Waals surface area contributed by atoms with Crippen molar-refractivity contribution >= 4 is 28.6 Å². The van der Waals surface area contributed by atoms with Gasteiger partial charge in [-0.3, -0.25) is 0 Å². The van der Waals surface area contributed by atoms with Gasteiger partial charge in [0.2, 0.25) is 0 Å². The second kappa shape index (κ2) is 5.19. The number of methoxy groups -OCH3 is 1. The molecule has 0 N–H and O–H groups in total. The van der Waals surface area contributed by atoms with E-state index in [4.69, 9.17) is 4.74 Å². The van der Waals surface area contributed by atoms with Gasteiger partial charge in [-0.2, -0.15) is 0 Å². The molecule has 4 heteroatoms. The summed E-state index contributed by atoms with van der Waals surface area (Å²) in [7, 11) is 1.35. The van der Waals surface area contributed by atoms with Crippen LogP contribution in [0.5, 0.6) is 5.75 Å². The maximum absolute atomic E-state index is 11.1. The molecule has 1 aromatic carbocycles. The van der Waals surface area contributed by atoms with Crippen molar-refractivity contribution in [1.82, 2.24) is 0 Å². The molecule has 0 heterocycles. The number of carbonyl (C=O) groups is 1. The molecule has 1 atom stereocenters. The average Bonchev–Trinajstić information content (AvgIpc) is 2.20. The van der Waals surface area contributed by atoms with E-state index in [-0.39, 0.29) is 5.97 Å². The smallest absolute Gasteiger partial charge is 0.346 e. The molecule has 0 aliphatic rings. The minimum Gasteiger partial charge on any atom is -0.478 e. The summed E-state index contributed by atoms with van der Waals surface area (Å²) in [6.07, 6.45) is -0.573. The Bertz CT molecular complexity index is 325. The summed E-state index contributed by atoms with van der Waals surface area (Å²) >= 11 is 2.15. The molecular formula is C10H11IO3. The van der Waals surface area contributed by atoms with Crippen LogP contribution >= 0.6 is 22.6 Å². The van der Waals surface area contributed by atoms with Gasteiger partial charge in [0.15, 0.2) is 6.10 Å². The molecule has 0 saturated heterocycles. The average molecular weight is 306 g/mol. The molecule has 0 radical (unpaired) electrons. The second-order valence-electron chi connectivity index (χ2n) is 2.71. The molecule has 0 amide bonds. The summed E-state index contributed by atoms with van der Waals surface area (Å²) in [4.78, 5) is 11.1. The molecule has 76 valence electrons. The fourth-order valence-electron chi connectivity index (χ4n) is 0.945. The molecule has 0 aliphatic carbocycles. The van der Waals surface area contributed by atoms with Crippen molar-refractivity contribution in [3.63, 3.8) is 0 Å². The van der Waals surface area contributed by atoms with E-state index in [2.05, 4.69) is 27.3 Å². The predicted octanol–water partition coefficient (Wildman–Crippen LogP) is 2.23. The van der Waals surface area contributed by atoms with Crippen molar-refractivity contribution in [2.24, 2.45) is 0 Å². The van der Waals surface area contributed by atoms with Crippen LogP contribution in [0.1, 0.15) is 6.92 Å². The van der Waals surface area contributed by atoms with Crippen molar-refractivity contribution < 1.29 is 14.3 Å². The first kappa shape index (κ1) is 11.3. The summed E-state index contributed by atoms with van der Waals surface area (Å²) in [6.45, 7) is 1.66. The van der Waals surface area contributed by atoms with Crippen molar-refractivity contribution in [3.8, 4) is 5.75 Å². The van der Waals surface area contributed by atoms with Gasteiger partial charge in [-0.1, -0.05) is 12.1 Å². The van der Waals surface area contributed by atoms with E-state index in [1.807, 2.05) is 24.3 Å². The Labute approximate surface area is 96.5 Å². The lowest BCUT2D eigenvalue weighted by molar-refractivity contribution is -0.147. The van der Waals surface area contributed by atoms with Gasteiger partial charge >= 0.3 is 5.97 Å². The van der Waals surface area contributed by atoms with Crippen molar-refractivity contribution in [3.05, 3.63) is 27.8 Å². The lowest BCUT2D eigenvalue weighted by atomic mass is 10.3. The second-order valence-corrected chi connectivity index (χ2v) is 3.88. The number of para-hydroxylation sites is 1. The predicted molar refractivity (Wildman–Crippen MR) is 61.3 cm³/mol. The highest BCUT2D eigenvalue weighted by atomic mass is 127. The third-order valence-electron chi connectivity index (χ3n) is 1.67. The summed E-state index contributed by atoms with van der Waals surface area (Å²) < 4.78 is 10.9. The first-order chi connectivity index (χ1) is 6.65. The van der Waals surface area contributed by atoms with Crippen molar-refractivity contribution in [2.75, 3.05) is 7.11 Å². The van der Waals surface area contributed by atoms with Crippen LogP contribution in [-0.4, -0.2) is 19.2 Å². The topological polar surface area (TPSA) is 35.5 Å². The van der Waals surface area contributed by atoms with Crippen molar-refractivity contribution in [1.29, 1.82) is 0 Å². The number of rotatable bonds is 3. The van der Waals surface area contributed by atoms with Crippen LogP contribution in [0.3, 0.4) is 0 Å². The minimum absolute atomic E-state index is 0.371. The molecule has 3 nitrogen and oxygen atoms in total. The first-order valence-corrected chi connectivity index (χ1v) is 5.22. The fourth-order valence-corrected chi connectivity index (χ4v) is 1.46. The van der Waals surface area contributed by atoms with Crippen LogP contribution in [0.4, 0.5) is 0 Å². The molecule has 0 spiro atoms. The van der Waals surface area contributed by atoms with E-state index in [9.17, 15) is 4.79 Å². The van der Waals surface area contributed by atoms with Crippen LogP contribution in [0.2, 0.25) is 0 Å². The Hall–Kier alpha value is -0.780. The lowest BCUT2D eigenvalue weighted by Crippen LogP contribution is -2.25. The van der Waals surface area contributed by atoms with Crippen LogP contribution in [0, 0.1) is 3.57 Å². The number of ether oxygens (including phenoxy) is 2. The number of hydrogen-bond donors (Lipinski definition) is 0. The highest BCUT2D eigenvalue weighted by molar-refractivity contribution is 14.1. The molecule has 0 unspecified atom stereocenters. The van der Waals surface area contributed by atoms with E-state index < -0.39 is 6.10 Å². The molecule has 0 fully saturated rings. The van der Waals surface area contributed by atoms with Crippen LogP contribution in [0.25, 0.3) is 0 Å². The van der Waals surface area contributed by atoms with Gasteiger partial charge < -0.3 is 9.47 Å². The largest absolute Gasteiger partial charge is 0.478 e. The molecule has 0 saturated carbocycles. The first-order valence-electron chi connectivity index (χ1n) is 4.14. The highest BCUT2D eigenvalue weighted by Crippen LogP contribution is 2.20. The monoisotopic (exact) mass is 306 g/mol. The molecule has 0 aromatic heterocycles. The van der Waals surface area contributed by atoms with Crippen LogP contribution in [0.15, 0.2) is 24.3 Å². The van der Waals surface area contributed by atoms with Gasteiger partial charge in [-0.15, -0.1) is 0 Å². The third-order valence-corrected chi connectivity index (χ3v) is 2.56. The number of esters is 1. The lowest BCUT2D eigenvalue weighted by Gasteiger charge is -2.13. The standard InChI is InChI=1S/C10H11IO3/c1-7(10(12)13-2)14-9-6-4-3-5-8(9)11/h3-7H,1-2H3/t7-/m1/s1. The Morgan fingerprint density at radius 1 is 1.43 bits per heavy atom. The van der Waals surface area contributed by atoms with Gasteiger partial charge in [-0.25, -0.2) is 4.79 Å². The molecular weight excluding hydrogens is 295 g/mol. The zero-order valence-electron chi connectivity index (χ0n) is 7.99. The van der Waals surface area contributed by atoms with E-state index in [0.717, 1.165) is 3.57 Å². The third kappa shape index (κ3) is 2.87. The number of halogens is 1. The SMILES string of the molecule is COC(=O)[C@@H](C)Oc1ccccc1I. The molecule has 0 bridgehead atoms. The summed E-state index contributed by atoms with van der Waals surface area (Å²) in [5.74, 6) is 0.329. The maximum atomic E-state index is 11.1. The van der Waals surface area contributed by atoms with Crippen LogP contribution in [-0.2, 0) is 9.53 Å². The van der Waals surface area contributed by atoms with Gasteiger partial charge in [0.05, 0.1) is 10.7 Å². The number of hydrogen-bond acceptors (Lipinski definition) is 3. The van der Waals surface area contributed by atoms with E-state index in [0.29, 0.717) is 5.75 Å². The normalized spacial score (nSPS) is 11.9. The zero-order valence-corrected chi connectivity index (χ0v) is 10.1. The Balaban J connectivity index is 2.69. The summed E-state index contributed by atoms with van der Waals surface area (Å²) in [5, 5.41) is 0. The highest BCUT2D eigenvalue weighted by Gasteiger charge is 2.15. The van der Waals surface area contributed by atoms with Crippen LogP contribution < -0.4 is 4.74 Å². The van der Waals surface area contributed by atoms with E-state index in [1.54, 1.807) is 6.92 Å². The summed E-state index contributed by atoms with van der Waals surface area (Å²) in [6, 6.07) is 7.51. The van der Waals surface area contributed by atoms with Gasteiger partial charge in [0, 0.05) is 0 Å². The van der Waals surface area contributed by atoms with E-state index >= 15 is 0 Å². The Morgan fingerprint density at radius 3 is 2.64 bits per heavy atom. The van der Waals surface area contributed by atoms with E-state index in [1.165, 1.54) is 7.11 Å². The Morgan fingerprint density at radius 2 is 2.07 bits per heavy atom. The molecule has 0 aliphatic heterocycles. The van der Waals surface area contributed by atoms with Crippen molar-refractivity contribution in [2.45, 2.75) is 13.0 Å². The van der Waals surface area contributed by atoms with Gasteiger partial charge in [-0.05, 0) is 41.6 Å².